The summed E-state index contributed by atoms with van der Waals surface area (Å²) in [7, 11) is 1.50. The van der Waals surface area contributed by atoms with E-state index in [-0.39, 0.29) is 12.4 Å². The highest BCUT2D eigenvalue weighted by molar-refractivity contribution is 5.73. The summed E-state index contributed by atoms with van der Waals surface area (Å²) in [6.45, 7) is -0.362. The summed E-state index contributed by atoms with van der Waals surface area (Å²) in [6.07, 6.45) is 0. The fraction of sp³-hybridized carbons (Fsp3) is 0.273. The van der Waals surface area contributed by atoms with Crippen LogP contribution in [0.2, 0.25) is 0 Å². The number of hydrogen-bond donors (Lipinski definition) is 2. The van der Waals surface area contributed by atoms with Crippen LogP contribution in [-0.2, 0) is 16.2 Å². The minimum Gasteiger partial charge on any atom is -0.479 e. The van der Waals surface area contributed by atoms with Crippen molar-refractivity contribution in [1.82, 2.24) is 10.4 Å². The van der Waals surface area contributed by atoms with Crippen molar-refractivity contribution in [1.29, 1.82) is 0 Å². The van der Waals surface area contributed by atoms with Crippen molar-refractivity contribution in [2.45, 2.75) is 6.54 Å². The van der Waals surface area contributed by atoms with Crippen molar-refractivity contribution in [2.75, 3.05) is 13.7 Å². The van der Waals surface area contributed by atoms with Gasteiger partial charge in [-0.2, -0.15) is 0 Å². The number of aliphatic carboxylic acids is 1. The number of nitrogens with zero attached hydrogens (tertiary/aromatic N) is 1. The minimum atomic E-state index is -1.18. The highest BCUT2D eigenvalue weighted by Gasteiger charge is 2.09. The van der Waals surface area contributed by atoms with Gasteiger partial charge < -0.3 is 10.0 Å². The second-order valence-electron chi connectivity index (χ2n) is 3.57. The second kappa shape index (κ2) is 6.55. The quantitative estimate of drug-likeness (QED) is 0.770. The molecule has 18 heavy (non-hydrogen) atoms. The van der Waals surface area contributed by atoms with E-state index in [9.17, 15) is 14.0 Å². The maximum Gasteiger partial charge on any atom is 0.341 e. The number of urea groups is 1. The lowest BCUT2D eigenvalue weighted by Gasteiger charge is -2.17. The zero-order chi connectivity index (χ0) is 13.5. The van der Waals surface area contributed by atoms with Gasteiger partial charge >= 0.3 is 12.0 Å². The van der Waals surface area contributed by atoms with Gasteiger partial charge in [-0.15, -0.1) is 0 Å². The smallest absolute Gasteiger partial charge is 0.341 e. The molecule has 0 aromatic heterocycles. The Labute approximate surface area is 103 Å². The van der Waals surface area contributed by atoms with Crippen LogP contribution < -0.4 is 5.48 Å². The molecule has 2 N–H and O–H groups in total. The Hall–Kier alpha value is -2.15. The predicted molar refractivity (Wildman–Crippen MR) is 60.0 cm³/mol. The molecular weight excluding hydrogens is 243 g/mol. The van der Waals surface area contributed by atoms with Crippen LogP contribution in [0.1, 0.15) is 5.56 Å². The lowest BCUT2D eigenvalue weighted by Crippen LogP contribution is -2.37. The molecule has 0 fully saturated rings. The molecule has 98 valence electrons. The molecule has 0 saturated carbocycles. The minimum absolute atomic E-state index is 0.253. The fourth-order valence-corrected chi connectivity index (χ4v) is 1.17. The number of amides is 2. The molecule has 2 amide bonds. The number of carbonyl (C=O) groups excluding carboxylic acids is 1. The van der Waals surface area contributed by atoms with Crippen LogP contribution in [0.25, 0.3) is 0 Å². The van der Waals surface area contributed by atoms with Crippen molar-refractivity contribution >= 4 is 12.0 Å². The number of nitrogens with one attached hydrogen (secondary N) is 1. The molecule has 0 heterocycles. The monoisotopic (exact) mass is 256 g/mol. The molecule has 0 saturated heterocycles. The summed E-state index contributed by atoms with van der Waals surface area (Å²) in [5.41, 5.74) is 2.72. The van der Waals surface area contributed by atoms with Gasteiger partial charge in [0, 0.05) is 13.6 Å². The van der Waals surface area contributed by atoms with E-state index in [1.807, 2.05) is 5.48 Å². The molecule has 7 heteroatoms. The average Bonchev–Trinajstić information content (AvgIpc) is 2.31. The molecule has 0 unspecified atom stereocenters. The van der Waals surface area contributed by atoms with E-state index in [4.69, 9.17) is 5.11 Å². The topological polar surface area (TPSA) is 78.9 Å². The normalized spacial score (nSPS) is 9.89. The Morgan fingerprint density at radius 3 is 2.56 bits per heavy atom. The fourth-order valence-electron chi connectivity index (χ4n) is 1.17. The first kappa shape index (κ1) is 13.9. The van der Waals surface area contributed by atoms with E-state index in [0.717, 1.165) is 5.56 Å². The van der Waals surface area contributed by atoms with Crippen molar-refractivity contribution < 1.29 is 23.9 Å². The first-order valence-electron chi connectivity index (χ1n) is 5.08. The number of rotatable bonds is 5. The molecule has 0 radical (unpaired) electrons. The molecule has 0 atom stereocenters. The number of benzene rings is 1. The third-order valence-corrected chi connectivity index (χ3v) is 2.03. The van der Waals surface area contributed by atoms with E-state index in [1.54, 1.807) is 12.1 Å². The zero-order valence-corrected chi connectivity index (χ0v) is 9.72. The van der Waals surface area contributed by atoms with E-state index in [2.05, 4.69) is 4.84 Å². The summed E-state index contributed by atoms with van der Waals surface area (Å²) in [4.78, 5) is 27.3. The van der Waals surface area contributed by atoms with Crippen LogP contribution in [-0.4, -0.2) is 35.7 Å². The molecule has 1 aromatic rings. The number of halogens is 1. The average molecular weight is 256 g/mol. The summed E-state index contributed by atoms with van der Waals surface area (Å²) in [5, 5.41) is 8.30. The molecule has 0 aliphatic heterocycles. The van der Waals surface area contributed by atoms with Crippen molar-refractivity contribution in [3.63, 3.8) is 0 Å². The van der Waals surface area contributed by atoms with Gasteiger partial charge in [-0.05, 0) is 17.7 Å². The second-order valence-corrected chi connectivity index (χ2v) is 3.57. The number of hydrogen-bond acceptors (Lipinski definition) is 3. The largest absolute Gasteiger partial charge is 0.479 e. The Morgan fingerprint density at radius 2 is 2.00 bits per heavy atom. The van der Waals surface area contributed by atoms with Gasteiger partial charge in [0.15, 0.2) is 6.61 Å². The molecule has 0 aliphatic rings. The molecule has 0 bridgehead atoms. The van der Waals surface area contributed by atoms with E-state index in [1.165, 1.54) is 24.1 Å². The van der Waals surface area contributed by atoms with Gasteiger partial charge in [-0.1, -0.05) is 12.1 Å². The van der Waals surface area contributed by atoms with Crippen molar-refractivity contribution in [3.8, 4) is 0 Å². The number of carbonyl (C=O) groups is 2. The molecule has 1 aromatic carbocycles. The highest BCUT2D eigenvalue weighted by Crippen LogP contribution is 2.05. The Morgan fingerprint density at radius 1 is 1.39 bits per heavy atom. The van der Waals surface area contributed by atoms with Gasteiger partial charge in [0.2, 0.25) is 0 Å². The first-order valence-corrected chi connectivity index (χ1v) is 5.08. The summed E-state index contributed by atoms with van der Waals surface area (Å²) >= 11 is 0. The van der Waals surface area contributed by atoms with E-state index < -0.39 is 18.6 Å². The van der Waals surface area contributed by atoms with Gasteiger partial charge in [0.1, 0.15) is 5.82 Å². The van der Waals surface area contributed by atoms with Crippen LogP contribution in [0.15, 0.2) is 24.3 Å². The van der Waals surface area contributed by atoms with Gasteiger partial charge in [-0.25, -0.2) is 19.5 Å². The number of carboxylic acid groups (broad SMARTS) is 1. The molecule has 1 rings (SSSR count). The van der Waals surface area contributed by atoms with Crippen LogP contribution in [0, 0.1) is 5.82 Å². The van der Waals surface area contributed by atoms with Gasteiger partial charge in [-0.3, -0.25) is 4.84 Å². The van der Waals surface area contributed by atoms with Gasteiger partial charge in [0.05, 0.1) is 0 Å². The molecule has 0 spiro atoms. The van der Waals surface area contributed by atoms with Crippen molar-refractivity contribution in [3.05, 3.63) is 35.6 Å². The summed E-state index contributed by atoms with van der Waals surface area (Å²) in [6, 6.07) is 5.11. The Kier molecular flexibility index (Phi) is 5.06. The van der Waals surface area contributed by atoms with E-state index in [0.29, 0.717) is 0 Å². The maximum absolute atomic E-state index is 12.7. The number of carboxylic acids is 1. The van der Waals surface area contributed by atoms with Crippen LogP contribution >= 0.6 is 0 Å². The third-order valence-electron chi connectivity index (χ3n) is 2.03. The lowest BCUT2D eigenvalue weighted by atomic mass is 10.2. The zero-order valence-electron chi connectivity index (χ0n) is 9.72. The number of hydroxylamine groups is 1. The Balaban J connectivity index is 2.39. The van der Waals surface area contributed by atoms with E-state index >= 15 is 0 Å². The Bertz CT molecular complexity index is 422. The predicted octanol–water partition coefficient (Wildman–Crippen LogP) is 0.983. The van der Waals surface area contributed by atoms with Crippen molar-refractivity contribution in [2.24, 2.45) is 0 Å². The van der Waals surface area contributed by atoms with Crippen LogP contribution in [0.4, 0.5) is 9.18 Å². The summed E-state index contributed by atoms with van der Waals surface area (Å²) < 4.78 is 12.7. The van der Waals surface area contributed by atoms with Gasteiger partial charge in [0.25, 0.3) is 0 Å². The molecule has 6 nitrogen and oxygen atoms in total. The molecular formula is C11H13FN2O4. The molecule has 0 aliphatic carbocycles. The SMILES string of the molecule is CN(Cc1ccc(F)cc1)C(=O)NOCC(=O)O. The standard InChI is InChI=1S/C11H13FN2O4/c1-14(11(17)13-18-7-10(15)16)6-8-2-4-9(12)5-3-8/h2-5H,6-7H2,1H3,(H,13,17)(H,15,16). The maximum atomic E-state index is 12.7. The highest BCUT2D eigenvalue weighted by atomic mass is 19.1. The third kappa shape index (κ3) is 4.79. The summed E-state index contributed by atoms with van der Waals surface area (Å²) in [5.74, 6) is -1.54. The first-order chi connectivity index (χ1) is 8.49. The van der Waals surface area contributed by atoms with Crippen LogP contribution in [0.3, 0.4) is 0 Å². The lowest BCUT2D eigenvalue weighted by molar-refractivity contribution is -0.144. The van der Waals surface area contributed by atoms with Crippen LogP contribution in [0.5, 0.6) is 0 Å².